The summed E-state index contributed by atoms with van der Waals surface area (Å²) < 4.78 is 0. The van der Waals surface area contributed by atoms with Gasteiger partial charge in [-0.1, -0.05) is 13.8 Å². The fourth-order valence-corrected chi connectivity index (χ4v) is 1.04. The van der Waals surface area contributed by atoms with Crippen molar-refractivity contribution in [2.24, 2.45) is 0 Å². The first-order chi connectivity index (χ1) is 6.19. The van der Waals surface area contributed by atoms with E-state index in [0.717, 1.165) is 0 Å². The summed E-state index contributed by atoms with van der Waals surface area (Å²) in [6.45, 7) is 3.76. The van der Waals surface area contributed by atoms with E-state index in [0.29, 0.717) is 24.4 Å². The second-order valence-corrected chi connectivity index (χ2v) is 2.58. The molecule has 0 bridgehead atoms. The van der Waals surface area contributed by atoms with Gasteiger partial charge in [0.15, 0.2) is 0 Å². The first-order valence-corrected chi connectivity index (χ1v) is 4.18. The van der Waals surface area contributed by atoms with Gasteiger partial charge >= 0.3 is 5.69 Å². The van der Waals surface area contributed by atoms with Crippen LogP contribution >= 0.6 is 0 Å². The molecule has 1 aromatic rings. The van der Waals surface area contributed by atoms with Gasteiger partial charge in [0.1, 0.15) is 17.7 Å². The SMILES string of the molecule is CCc1ncc([N+](=O)[O-])c(CC)n1. The Kier molecular flexibility index (Phi) is 2.89. The minimum atomic E-state index is -0.446. The number of rotatable bonds is 3. The highest BCUT2D eigenvalue weighted by Crippen LogP contribution is 2.15. The van der Waals surface area contributed by atoms with Crippen molar-refractivity contribution in [1.29, 1.82) is 0 Å². The average Bonchev–Trinajstić information content (AvgIpc) is 2.16. The molecule has 0 aliphatic heterocycles. The second-order valence-electron chi connectivity index (χ2n) is 2.58. The molecular formula is C8H11N3O2. The van der Waals surface area contributed by atoms with Gasteiger partial charge in [-0.25, -0.2) is 9.97 Å². The molecule has 0 aliphatic carbocycles. The molecular weight excluding hydrogens is 170 g/mol. The maximum absolute atomic E-state index is 10.5. The van der Waals surface area contributed by atoms with Gasteiger partial charge in [-0.3, -0.25) is 10.1 Å². The van der Waals surface area contributed by atoms with Crippen LogP contribution in [0.5, 0.6) is 0 Å². The molecule has 0 unspecified atom stereocenters. The van der Waals surface area contributed by atoms with E-state index < -0.39 is 4.92 Å². The largest absolute Gasteiger partial charge is 0.308 e. The number of aromatic nitrogens is 2. The van der Waals surface area contributed by atoms with Crippen molar-refractivity contribution in [2.75, 3.05) is 0 Å². The Balaban J connectivity index is 3.15. The quantitative estimate of drug-likeness (QED) is 0.523. The first-order valence-electron chi connectivity index (χ1n) is 4.18. The molecule has 0 radical (unpaired) electrons. The highest BCUT2D eigenvalue weighted by atomic mass is 16.6. The Bertz CT molecular complexity index is 325. The van der Waals surface area contributed by atoms with Crippen LogP contribution in [0.25, 0.3) is 0 Å². The van der Waals surface area contributed by atoms with E-state index in [9.17, 15) is 10.1 Å². The van der Waals surface area contributed by atoms with Gasteiger partial charge in [-0.2, -0.15) is 0 Å². The van der Waals surface area contributed by atoms with Crippen molar-refractivity contribution in [3.8, 4) is 0 Å². The minimum absolute atomic E-state index is 0.0136. The molecule has 0 saturated carbocycles. The van der Waals surface area contributed by atoms with Crippen molar-refractivity contribution >= 4 is 5.69 Å². The fourth-order valence-electron chi connectivity index (χ4n) is 1.04. The molecule has 1 aromatic heterocycles. The lowest BCUT2D eigenvalue weighted by atomic mass is 10.3. The van der Waals surface area contributed by atoms with Crippen molar-refractivity contribution in [3.05, 3.63) is 27.8 Å². The molecule has 0 atom stereocenters. The molecule has 1 heterocycles. The van der Waals surface area contributed by atoms with Crippen molar-refractivity contribution in [3.63, 3.8) is 0 Å². The highest BCUT2D eigenvalue weighted by Gasteiger charge is 2.14. The second kappa shape index (κ2) is 3.93. The summed E-state index contributed by atoms with van der Waals surface area (Å²) in [6.07, 6.45) is 2.54. The number of hydrogen-bond donors (Lipinski definition) is 0. The molecule has 5 nitrogen and oxygen atoms in total. The Labute approximate surface area is 76.0 Å². The normalized spacial score (nSPS) is 10.0. The summed E-state index contributed by atoms with van der Waals surface area (Å²) in [4.78, 5) is 18.0. The van der Waals surface area contributed by atoms with E-state index in [4.69, 9.17) is 0 Å². The highest BCUT2D eigenvalue weighted by molar-refractivity contribution is 5.32. The third-order valence-corrected chi connectivity index (χ3v) is 1.74. The van der Waals surface area contributed by atoms with Crippen LogP contribution in [-0.2, 0) is 12.8 Å². The Morgan fingerprint density at radius 3 is 2.62 bits per heavy atom. The molecule has 0 aliphatic rings. The summed E-state index contributed by atoms with van der Waals surface area (Å²) in [5, 5.41) is 10.5. The monoisotopic (exact) mass is 181 g/mol. The summed E-state index contributed by atoms with van der Waals surface area (Å²) in [7, 11) is 0. The van der Waals surface area contributed by atoms with Crippen LogP contribution in [0.2, 0.25) is 0 Å². The van der Waals surface area contributed by atoms with Gasteiger partial charge in [0.2, 0.25) is 0 Å². The van der Waals surface area contributed by atoms with Gasteiger partial charge in [0.05, 0.1) is 4.92 Å². The maximum atomic E-state index is 10.5. The smallest absolute Gasteiger partial charge is 0.258 e. The van der Waals surface area contributed by atoms with Gasteiger partial charge in [-0.05, 0) is 6.42 Å². The van der Waals surface area contributed by atoms with E-state index in [1.54, 1.807) is 0 Å². The van der Waals surface area contributed by atoms with Crippen LogP contribution in [0.4, 0.5) is 5.69 Å². The van der Waals surface area contributed by atoms with Crippen molar-refractivity contribution < 1.29 is 4.92 Å². The predicted molar refractivity (Wildman–Crippen MR) is 47.4 cm³/mol. The number of hydrogen-bond acceptors (Lipinski definition) is 4. The molecule has 0 amide bonds. The molecule has 5 heteroatoms. The topological polar surface area (TPSA) is 68.9 Å². The summed E-state index contributed by atoms with van der Waals surface area (Å²) in [6, 6.07) is 0. The lowest BCUT2D eigenvalue weighted by Crippen LogP contribution is -2.02. The minimum Gasteiger partial charge on any atom is -0.258 e. The third kappa shape index (κ3) is 1.99. The molecule has 1 rings (SSSR count). The number of nitrogens with zero attached hydrogens (tertiary/aromatic N) is 3. The maximum Gasteiger partial charge on any atom is 0.308 e. The fraction of sp³-hybridized carbons (Fsp3) is 0.500. The van der Waals surface area contributed by atoms with Crippen LogP contribution in [-0.4, -0.2) is 14.9 Å². The Morgan fingerprint density at radius 2 is 2.15 bits per heavy atom. The summed E-state index contributed by atoms with van der Waals surface area (Å²) in [5.74, 6) is 0.655. The molecule has 0 spiro atoms. The zero-order chi connectivity index (χ0) is 9.84. The summed E-state index contributed by atoms with van der Waals surface area (Å²) in [5.41, 5.74) is 0.525. The van der Waals surface area contributed by atoms with E-state index in [2.05, 4.69) is 9.97 Å². The van der Waals surface area contributed by atoms with Crippen LogP contribution in [0.15, 0.2) is 6.20 Å². The van der Waals surface area contributed by atoms with E-state index >= 15 is 0 Å². The Morgan fingerprint density at radius 1 is 1.46 bits per heavy atom. The van der Waals surface area contributed by atoms with Gasteiger partial charge < -0.3 is 0 Å². The lowest BCUT2D eigenvalue weighted by molar-refractivity contribution is -0.386. The van der Waals surface area contributed by atoms with Crippen molar-refractivity contribution in [1.82, 2.24) is 9.97 Å². The van der Waals surface area contributed by atoms with Crippen LogP contribution in [0.3, 0.4) is 0 Å². The zero-order valence-electron chi connectivity index (χ0n) is 7.65. The third-order valence-electron chi connectivity index (χ3n) is 1.74. The molecule has 0 saturated heterocycles. The van der Waals surface area contributed by atoms with Gasteiger partial charge in [0, 0.05) is 6.42 Å². The van der Waals surface area contributed by atoms with Crippen LogP contribution in [0, 0.1) is 10.1 Å². The molecule has 0 fully saturated rings. The van der Waals surface area contributed by atoms with Crippen molar-refractivity contribution in [2.45, 2.75) is 26.7 Å². The molecule has 0 N–H and O–H groups in total. The number of aryl methyl sites for hydroxylation is 2. The zero-order valence-corrected chi connectivity index (χ0v) is 7.65. The van der Waals surface area contributed by atoms with E-state index in [1.165, 1.54) is 6.20 Å². The van der Waals surface area contributed by atoms with E-state index in [-0.39, 0.29) is 5.69 Å². The van der Waals surface area contributed by atoms with Gasteiger partial charge in [-0.15, -0.1) is 0 Å². The molecule has 70 valence electrons. The first kappa shape index (κ1) is 9.57. The van der Waals surface area contributed by atoms with E-state index in [1.807, 2.05) is 13.8 Å². The van der Waals surface area contributed by atoms with Crippen LogP contribution in [0.1, 0.15) is 25.4 Å². The molecule has 13 heavy (non-hydrogen) atoms. The lowest BCUT2D eigenvalue weighted by Gasteiger charge is -2.00. The summed E-state index contributed by atoms with van der Waals surface area (Å²) >= 11 is 0. The molecule has 0 aromatic carbocycles. The van der Waals surface area contributed by atoms with Crippen LogP contribution < -0.4 is 0 Å². The van der Waals surface area contributed by atoms with Gasteiger partial charge in [0.25, 0.3) is 0 Å². The average molecular weight is 181 g/mol. The number of nitro groups is 1. The Hall–Kier alpha value is -1.52. The predicted octanol–water partition coefficient (Wildman–Crippen LogP) is 1.51. The standard InChI is InChI=1S/C8H11N3O2/c1-3-6-7(11(12)13)5-9-8(4-2)10-6/h5H,3-4H2,1-2H3.